The minimum atomic E-state index is -4.96. The maximum absolute atomic E-state index is 13.7. The van der Waals surface area contributed by atoms with Gasteiger partial charge in [0, 0.05) is 22.9 Å². The first-order chi connectivity index (χ1) is 10.8. The van der Waals surface area contributed by atoms with E-state index in [0.29, 0.717) is 0 Å². The van der Waals surface area contributed by atoms with Crippen LogP contribution in [-0.2, 0) is 5.41 Å². The highest BCUT2D eigenvalue weighted by atomic mass is 32.1. The summed E-state index contributed by atoms with van der Waals surface area (Å²) in [5.41, 5.74) is -3.20. The summed E-state index contributed by atoms with van der Waals surface area (Å²) in [4.78, 5) is 25.7. The van der Waals surface area contributed by atoms with Gasteiger partial charge in [-0.25, -0.2) is 4.98 Å². The summed E-state index contributed by atoms with van der Waals surface area (Å²) in [5, 5.41) is 12.2. The number of Topliss-reactive ketones (excluding diaryl/α,β-unsaturated/α-hetero) is 1. The van der Waals surface area contributed by atoms with Crippen molar-refractivity contribution in [1.29, 1.82) is 0 Å². The number of ketones is 1. The van der Waals surface area contributed by atoms with E-state index in [-0.39, 0.29) is 10.6 Å². The zero-order chi connectivity index (χ0) is 17.1. The molecule has 9 heteroatoms. The number of hydrogen-bond donors (Lipinski definition) is 0. The van der Waals surface area contributed by atoms with Crippen molar-refractivity contribution in [3.8, 4) is 0 Å². The minimum Gasteiger partial charge on any atom is -0.291 e. The number of rotatable bonds is 6. The quantitative estimate of drug-likeness (QED) is 0.457. The van der Waals surface area contributed by atoms with Crippen LogP contribution in [0, 0.1) is 10.1 Å². The maximum atomic E-state index is 13.7. The largest absolute Gasteiger partial charge is 0.405 e. The number of hydrogen-bond acceptors (Lipinski definition) is 5. The minimum absolute atomic E-state index is 0.0992. The Morgan fingerprint density at radius 2 is 1.91 bits per heavy atom. The molecule has 1 unspecified atom stereocenters. The lowest BCUT2D eigenvalue weighted by atomic mass is 9.75. The first kappa shape index (κ1) is 17.1. The zero-order valence-electron chi connectivity index (χ0n) is 11.6. The molecular weight excluding hydrogens is 333 g/mol. The van der Waals surface area contributed by atoms with Crippen molar-refractivity contribution in [2.24, 2.45) is 0 Å². The van der Waals surface area contributed by atoms with E-state index in [1.165, 1.54) is 29.8 Å². The monoisotopic (exact) mass is 344 g/mol. The van der Waals surface area contributed by atoms with Gasteiger partial charge in [0.25, 0.3) is 0 Å². The van der Waals surface area contributed by atoms with Crippen LogP contribution < -0.4 is 0 Å². The van der Waals surface area contributed by atoms with Gasteiger partial charge in [-0.2, -0.15) is 13.2 Å². The second-order valence-electron chi connectivity index (χ2n) is 4.87. The highest BCUT2D eigenvalue weighted by Gasteiger charge is 2.60. The summed E-state index contributed by atoms with van der Waals surface area (Å²) in [7, 11) is 0. The van der Waals surface area contributed by atoms with Crippen LogP contribution in [-0.4, -0.2) is 28.4 Å². The molecule has 1 aromatic carbocycles. The van der Waals surface area contributed by atoms with Crippen LogP contribution >= 0.6 is 11.3 Å². The van der Waals surface area contributed by atoms with E-state index in [0.717, 1.165) is 23.5 Å². The topological polar surface area (TPSA) is 73.1 Å². The highest BCUT2D eigenvalue weighted by Crippen LogP contribution is 2.44. The van der Waals surface area contributed by atoms with Crippen LogP contribution in [0.4, 0.5) is 13.2 Å². The molecule has 0 aliphatic carbocycles. The molecule has 0 N–H and O–H groups in total. The average Bonchev–Trinajstić information content (AvgIpc) is 3.00. The van der Waals surface area contributed by atoms with Crippen LogP contribution in [0.25, 0.3) is 0 Å². The molecule has 0 aliphatic rings. The molecule has 0 fully saturated rings. The molecule has 2 aromatic rings. The fourth-order valence-electron chi connectivity index (χ4n) is 2.29. The van der Waals surface area contributed by atoms with Crippen molar-refractivity contribution < 1.29 is 22.9 Å². The Labute approximate surface area is 132 Å². The number of nitrogens with zero attached hydrogens (tertiary/aromatic N) is 2. The standard InChI is InChI=1S/C14H11F3N2O3S/c15-14(16,17)13(9-19(21)22,10-4-2-1-3-5-10)8-11(20)12-18-6-7-23-12/h1-7H,8-9H2. The van der Waals surface area contributed by atoms with E-state index in [2.05, 4.69) is 4.98 Å². The molecule has 1 heterocycles. The SMILES string of the molecule is O=C(CC(C[N+](=O)[O-])(c1ccccc1)C(F)(F)F)c1nccs1. The van der Waals surface area contributed by atoms with E-state index in [9.17, 15) is 28.1 Å². The van der Waals surface area contributed by atoms with Crippen LogP contribution in [0.1, 0.15) is 21.8 Å². The molecule has 1 atom stereocenters. The van der Waals surface area contributed by atoms with E-state index in [1.807, 2.05) is 0 Å². The smallest absolute Gasteiger partial charge is 0.291 e. The molecule has 0 spiro atoms. The van der Waals surface area contributed by atoms with Crippen LogP contribution in [0.3, 0.4) is 0 Å². The average molecular weight is 344 g/mol. The van der Waals surface area contributed by atoms with E-state index < -0.39 is 35.3 Å². The number of benzene rings is 1. The number of carbonyl (C=O) groups excluding carboxylic acids is 1. The Morgan fingerprint density at radius 1 is 1.26 bits per heavy atom. The highest BCUT2D eigenvalue weighted by molar-refractivity contribution is 7.11. The lowest BCUT2D eigenvalue weighted by Gasteiger charge is -2.32. The van der Waals surface area contributed by atoms with Gasteiger partial charge in [0.05, 0.1) is 0 Å². The number of alkyl halides is 3. The van der Waals surface area contributed by atoms with Crippen LogP contribution in [0.2, 0.25) is 0 Å². The van der Waals surface area contributed by atoms with Gasteiger partial charge in [-0.1, -0.05) is 30.3 Å². The van der Waals surface area contributed by atoms with Gasteiger partial charge < -0.3 is 0 Å². The predicted octanol–water partition coefficient (Wildman–Crippen LogP) is 3.49. The summed E-state index contributed by atoms with van der Waals surface area (Å²) < 4.78 is 41.2. The van der Waals surface area contributed by atoms with Gasteiger partial charge in [0.2, 0.25) is 6.54 Å². The summed E-state index contributed by atoms with van der Waals surface area (Å²) in [6.45, 7) is -1.42. The second kappa shape index (κ2) is 6.45. The predicted molar refractivity (Wildman–Crippen MR) is 77.1 cm³/mol. The fourth-order valence-corrected chi connectivity index (χ4v) is 2.87. The molecule has 5 nitrogen and oxygen atoms in total. The van der Waals surface area contributed by atoms with Crippen molar-refractivity contribution in [1.82, 2.24) is 4.98 Å². The molecule has 0 amide bonds. The summed E-state index contributed by atoms with van der Waals surface area (Å²) in [6.07, 6.45) is -4.73. The van der Waals surface area contributed by atoms with Crippen molar-refractivity contribution >= 4 is 17.1 Å². The van der Waals surface area contributed by atoms with Crippen LogP contribution in [0.15, 0.2) is 41.9 Å². The van der Waals surface area contributed by atoms with Crippen molar-refractivity contribution in [2.75, 3.05) is 6.54 Å². The molecule has 122 valence electrons. The van der Waals surface area contributed by atoms with Gasteiger partial charge in [-0.15, -0.1) is 11.3 Å². The van der Waals surface area contributed by atoms with Gasteiger partial charge >= 0.3 is 6.18 Å². The first-order valence-electron chi connectivity index (χ1n) is 6.43. The van der Waals surface area contributed by atoms with Gasteiger partial charge in [0.15, 0.2) is 16.2 Å². The molecule has 1 aromatic heterocycles. The molecular formula is C14H11F3N2O3S. The number of aromatic nitrogens is 1. The van der Waals surface area contributed by atoms with Gasteiger partial charge in [-0.3, -0.25) is 14.9 Å². The Bertz CT molecular complexity index is 689. The maximum Gasteiger partial charge on any atom is 0.405 e. The third-order valence-corrected chi connectivity index (χ3v) is 4.22. The Kier molecular flexibility index (Phi) is 4.79. The molecule has 0 bridgehead atoms. The molecule has 0 aliphatic heterocycles. The van der Waals surface area contributed by atoms with E-state index in [4.69, 9.17) is 0 Å². The molecule has 0 saturated heterocycles. The number of thiazole rings is 1. The molecule has 23 heavy (non-hydrogen) atoms. The molecule has 0 radical (unpaired) electrons. The zero-order valence-corrected chi connectivity index (χ0v) is 12.4. The third-order valence-electron chi connectivity index (χ3n) is 3.40. The molecule has 2 rings (SSSR count). The van der Waals surface area contributed by atoms with Crippen molar-refractivity contribution in [3.05, 3.63) is 62.6 Å². The van der Waals surface area contributed by atoms with E-state index in [1.54, 1.807) is 0 Å². The third kappa shape index (κ3) is 3.55. The number of carbonyl (C=O) groups is 1. The lowest BCUT2D eigenvalue weighted by molar-refractivity contribution is -0.501. The summed E-state index contributed by atoms with van der Waals surface area (Å²) >= 11 is 0.899. The van der Waals surface area contributed by atoms with E-state index >= 15 is 0 Å². The Hall–Kier alpha value is -2.29. The first-order valence-corrected chi connectivity index (χ1v) is 7.31. The molecule has 0 saturated carbocycles. The normalized spacial score (nSPS) is 14.2. The Morgan fingerprint density at radius 3 is 2.39 bits per heavy atom. The number of halogens is 3. The summed E-state index contributed by atoms with van der Waals surface area (Å²) in [6, 6.07) is 6.49. The number of nitro groups is 1. The lowest BCUT2D eigenvalue weighted by Crippen LogP contribution is -2.49. The van der Waals surface area contributed by atoms with Crippen molar-refractivity contribution in [3.63, 3.8) is 0 Å². The second-order valence-corrected chi connectivity index (χ2v) is 5.77. The summed E-state index contributed by atoms with van der Waals surface area (Å²) in [5.74, 6) is -0.872. The fraction of sp³-hybridized carbons (Fsp3) is 0.286. The Balaban J connectivity index is 2.53. The van der Waals surface area contributed by atoms with Crippen molar-refractivity contribution in [2.45, 2.75) is 18.0 Å². The van der Waals surface area contributed by atoms with Gasteiger partial charge in [0.1, 0.15) is 0 Å². The van der Waals surface area contributed by atoms with Gasteiger partial charge in [-0.05, 0) is 5.56 Å². The van der Waals surface area contributed by atoms with Crippen LogP contribution in [0.5, 0.6) is 0 Å².